The van der Waals surface area contributed by atoms with Crippen LogP contribution in [0.5, 0.6) is 5.88 Å². The molecule has 0 fully saturated rings. The topological polar surface area (TPSA) is 77.1 Å². The second-order valence-electron chi connectivity index (χ2n) is 3.64. The fourth-order valence-electron chi connectivity index (χ4n) is 1.53. The highest BCUT2D eigenvalue weighted by Crippen LogP contribution is 2.19. The van der Waals surface area contributed by atoms with Gasteiger partial charge in [0.05, 0.1) is 14.2 Å². The van der Waals surface area contributed by atoms with Crippen molar-refractivity contribution in [1.82, 2.24) is 15.0 Å². The molecule has 0 aliphatic heterocycles. The number of nitrogens with zero attached hydrogens (tertiary/aromatic N) is 2. The minimum absolute atomic E-state index is 0.281. The maximum atomic E-state index is 11.4. The first-order chi connectivity index (χ1) is 8.65. The number of ether oxygens (including phenoxy) is 2. The standard InChI is InChI=1S/C12H13N3O3/c1-7-10(12(16)18-3)15-11(14-7)8-4-5-9(17-2)13-6-8/h4-6H,1-3H3,(H,14,15). The highest BCUT2D eigenvalue weighted by molar-refractivity contribution is 5.89. The zero-order chi connectivity index (χ0) is 13.1. The van der Waals surface area contributed by atoms with Gasteiger partial charge >= 0.3 is 5.97 Å². The van der Waals surface area contributed by atoms with Crippen molar-refractivity contribution in [3.63, 3.8) is 0 Å². The van der Waals surface area contributed by atoms with Gasteiger partial charge in [0.25, 0.3) is 0 Å². The lowest BCUT2D eigenvalue weighted by Gasteiger charge is -1.99. The minimum Gasteiger partial charge on any atom is -0.481 e. The highest BCUT2D eigenvalue weighted by atomic mass is 16.5. The van der Waals surface area contributed by atoms with Crippen LogP contribution in [0.2, 0.25) is 0 Å². The average Bonchev–Trinajstić information content (AvgIpc) is 2.80. The molecule has 2 aromatic heterocycles. The summed E-state index contributed by atoms with van der Waals surface area (Å²) in [6, 6.07) is 3.54. The number of aromatic amines is 1. The predicted octanol–water partition coefficient (Wildman–Crippen LogP) is 1.58. The largest absolute Gasteiger partial charge is 0.481 e. The van der Waals surface area contributed by atoms with E-state index in [4.69, 9.17) is 4.74 Å². The van der Waals surface area contributed by atoms with Crippen LogP contribution in [-0.2, 0) is 4.74 Å². The third kappa shape index (κ3) is 2.17. The lowest BCUT2D eigenvalue weighted by molar-refractivity contribution is 0.0594. The van der Waals surface area contributed by atoms with Gasteiger partial charge in [-0.05, 0) is 13.0 Å². The molecule has 0 aliphatic carbocycles. The zero-order valence-electron chi connectivity index (χ0n) is 10.4. The van der Waals surface area contributed by atoms with Gasteiger partial charge in [-0.3, -0.25) is 0 Å². The number of imidazole rings is 1. The van der Waals surface area contributed by atoms with Gasteiger partial charge in [-0.2, -0.15) is 0 Å². The molecule has 2 heterocycles. The van der Waals surface area contributed by atoms with Crippen LogP contribution in [0.3, 0.4) is 0 Å². The zero-order valence-corrected chi connectivity index (χ0v) is 10.4. The van der Waals surface area contributed by atoms with Crippen molar-refractivity contribution < 1.29 is 14.3 Å². The summed E-state index contributed by atoms with van der Waals surface area (Å²) in [5.41, 5.74) is 1.71. The van der Waals surface area contributed by atoms with Gasteiger partial charge in [0, 0.05) is 23.5 Å². The van der Waals surface area contributed by atoms with Gasteiger partial charge in [-0.1, -0.05) is 0 Å². The lowest BCUT2D eigenvalue weighted by Crippen LogP contribution is -2.03. The predicted molar refractivity (Wildman–Crippen MR) is 64.4 cm³/mol. The number of carbonyl (C=O) groups is 1. The normalized spacial score (nSPS) is 10.2. The van der Waals surface area contributed by atoms with Gasteiger partial charge in [-0.25, -0.2) is 14.8 Å². The molecule has 94 valence electrons. The van der Waals surface area contributed by atoms with E-state index in [9.17, 15) is 4.79 Å². The SMILES string of the molecule is COC(=O)c1nc(-c2ccc(OC)nc2)[nH]c1C. The molecule has 0 atom stereocenters. The molecule has 18 heavy (non-hydrogen) atoms. The summed E-state index contributed by atoms with van der Waals surface area (Å²) in [5.74, 6) is 0.634. The fraction of sp³-hybridized carbons (Fsp3) is 0.250. The number of carbonyl (C=O) groups excluding carboxylic acids is 1. The highest BCUT2D eigenvalue weighted by Gasteiger charge is 2.16. The number of H-pyrrole nitrogens is 1. The second-order valence-corrected chi connectivity index (χ2v) is 3.64. The first-order valence-electron chi connectivity index (χ1n) is 5.31. The number of esters is 1. The molecule has 0 unspecified atom stereocenters. The van der Waals surface area contributed by atoms with Gasteiger partial charge in [0.2, 0.25) is 5.88 Å². The number of hydrogen-bond acceptors (Lipinski definition) is 5. The molecule has 0 radical (unpaired) electrons. The summed E-state index contributed by atoms with van der Waals surface area (Å²) in [7, 11) is 2.87. The van der Waals surface area contributed by atoms with Crippen LogP contribution in [0, 0.1) is 6.92 Å². The van der Waals surface area contributed by atoms with Gasteiger partial charge in [-0.15, -0.1) is 0 Å². The van der Waals surface area contributed by atoms with Crippen molar-refractivity contribution in [2.75, 3.05) is 14.2 Å². The quantitative estimate of drug-likeness (QED) is 0.833. The van der Waals surface area contributed by atoms with Crippen LogP contribution in [0.25, 0.3) is 11.4 Å². The summed E-state index contributed by atoms with van der Waals surface area (Å²) in [4.78, 5) is 22.7. The molecular weight excluding hydrogens is 234 g/mol. The average molecular weight is 247 g/mol. The summed E-state index contributed by atoms with van der Waals surface area (Å²) in [6.07, 6.45) is 1.62. The molecule has 0 amide bonds. The third-order valence-electron chi connectivity index (χ3n) is 2.48. The van der Waals surface area contributed by atoms with Crippen LogP contribution < -0.4 is 4.74 Å². The van der Waals surface area contributed by atoms with Crippen LogP contribution in [0.15, 0.2) is 18.3 Å². The first kappa shape index (κ1) is 12.1. The molecule has 0 bridgehead atoms. The molecule has 6 heteroatoms. The molecule has 0 aliphatic rings. The van der Waals surface area contributed by atoms with Crippen molar-refractivity contribution >= 4 is 5.97 Å². The monoisotopic (exact) mass is 247 g/mol. The van der Waals surface area contributed by atoms with E-state index in [0.29, 0.717) is 17.4 Å². The Morgan fingerprint density at radius 1 is 1.33 bits per heavy atom. The van der Waals surface area contributed by atoms with Crippen LogP contribution >= 0.6 is 0 Å². The van der Waals surface area contributed by atoms with Crippen molar-refractivity contribution in [3.8, 4) is 17.3 Å². The molecule has 2 rings (SSSR count). The van der Waals surface area contributed by atoms with Crippen molar-refractivity contribution in [3.05, 3.63) is 29.7 Å². The summed E-state index contributed by atoms with van der Waals surface area (Å²) in [5, 5.41) is 0. The van der Waals surface area contributed by atoms with E-state index < -0.39 is 5.97 Å². The van der Waals surface area contributed by atoms with E-state index in [2.05, 4.69) is 19.7 Å². The van der Waals surface area contributed by atoms with E-state index in [1.165, 1.54) is 7.11 Å². The summed E-state index contributed by atoms with van der Waals surface area (Å²) >= 11 is 0. The van der Waals surface area contributed by atoms with Crippen molar-refractivity contribution in [2.45, 2.75) is 6.92 Å². The Balaban J connectivity index is 2.36. The second kappa shape index (κ2) is 4.87. The molecule has 0 saturated carbocycles. The van der Waals surface area contributed by atoms with E-state index in [1.807, 2.05) is 6.07 Å². The van der Waals surface area contributed by atoms with E-state index >= 15 is 0 Å². The number of aryl methyl sites for hydroxylation is 1. The number of nitrogens with one attached hydrogen (secondary N) is 1. The number of hydrogen-bond donors (Lipinski definition) is 1. The van der Waals surface area contributed by atoms with E-state index in [-0.39, 0.29) is 5.69 Å². The van der Waals surface area contributed by atoms with Crippen LogP contribution in [0.4, 0.5) is 0 Å². The molecule has 0 spiro atoms. The smallest absolute Gasteiger partial charge is 0.358 e. The van der Waals surface area contributed by atoms with Crippen molar-refractivity contribution in [1.29, 1.82) is 0 Å². The Morgan fingerprint density at radius 2 is 2.11 bits per heavy atom. The molecule has 0 saturated heterocycles. The molecule has 0 aromatic carbocycles. The Kier molecular flexibility index (Phi) is 3.27. The Hall–Kier alpha value is -2.37. The van der Waals surface area contributed by atoms with Gasteiger partial charge in [0.1, 0.15) is 5.82 Å². The Morgan fingerprint density at radius 3 is 2.67 bits per heavy atom. The maximum absolute atomic E-state index is 11.4. The Labute approximate surface area is 104 Å². The minimum atomic E-state index is -0.462. The van der Waals surface area contributed by atoms with Gasteiger partial charge < -0.3 is 14.5 Å². The van der Waals surface area contributed by atoms with Crippen molar-refractivity contribution in [2.24, 2.45) is 0 Å². The molecular formula is C12H13N3O3. The number of methoxy groups -OCH3 is 2. The molecule has 1 N–H and O–H groups in total. The molecule has 2 aromatic rings. The third-order valence-corrected chi connectivity index (χ3v) is 2.48. The Bertz CT molecular complexity index is 560. The maximum Gasteiger partial charge on any atom is 0.358 e. The number of pyridine rings is 1. The first-order valence-corrected chi connectivity index (χ1v) is 5.31. The molecule has 6 nitrogen and oxygen atoms in total. The van der Waals surface area contributed by atoms with Crippen LogP contribution in [0.1, 0.15) is 16.2 Å². The van der Waals surface area contributed by atoms with E-state index in [1.54, 1.807) is 26.3 Å². The fourth-order valence-corrected chi connectivity index (χ4v) is 1.53. The van der Waals surface area contributed by atoms with Gasteiger partial charge in [0.15, 0.2) is 5.69 Å². The van der Waals surface area contributed by atoms with Crippen LogP contribution in [-0.4, -0.2) is 35.1 Å². The number of rotatable bonds is 3. The lowest BCUT2D eigenvalue weighted by atomic mass is 10.3. The summed E-state index contributed by atoms with van der Waals surface area (Å²) in [6.45, 7) is 1.76. The summed E-state index contributed by atoms with van der Waals surface area (Å²) < 4.78 is 9.62. The number of aromatic nitrogens is 3. The van der Waals surface area contributed by atoms with E-state index in [0.717, 1.165) is 5.56 Å².